The van der Waals surface area contributed by atoms with Crippen LogP contribution in [0.25, 0.3) is 0 Å². The summed E-state index contributed by atoms with van der Waals surface area (Å²) < 4.78 is 12.6. The van der Waals surface area contributed by atoms with Gasteiger partial charge in [-0.3, -0.25) is 4.79 Å². The number of allylic oxidation sites excluding steroid dienone is 2. The van der Waals surface area contributed by atoms with Crippen molar-refractivity contribution in [2.45, 2.75) is 25.3 Å². The van der Waals surface area contributed by atoms with Gasteiger partial charge in [0.15, 0.2) is 5.78 Å². The molecule has 7 heteroatoms. The molecule has 26 heavy (non-hydrogen) atoms. The van der Waals surface area contributed by atoms with Crippen molar-refractivity contribution in [3.63, 3.8) is 0 Å². The molecule has 4 rings (SSSR count). The highest BCUT2D eigenvalue weighted by atomic mass is 16.5. The molecule has 1 aromatic carbocycles. The molecule has 1 atom stereocenters. The van der Waals surface area contributed by atoms with Crippen molar-refractivity contribution in [2.75, 3.05) is 19.5 Å². The minimum Gasteiger partial charge on any atom is -0.497 e. The van der Waals surface area contributed by atoms with Crippen LogP contribution < -0.4 is 14.8 Å². The van der Waals surface area contributed by atoms with Gasteiger partial charge in [0.2, 0.25) is 0 Å². The molecule has 2 aromatic rings. The summed E-state index contributed by atoms with van der Waals surface area (Å²) in [5, 5.41) is 17.0. The Balaban J connectivity index is 1.99. The van der Waals surface area contributed by atoms with Crippen LogP contribution in [0.15, 0.2) is 35.7 Å². The van der Waals surface area contributed by atoms with Crippen molar-refractivity contribution in [1.82, 2.24) is 9.78 Å². The van der Waals surface area contributed by atoms with E-state index in [2.05, 4.69) is 16.5 Å². The average molecular weight is 350 g/mol. The van der Waals surface area contributed by atoms with E-state index < -0.39 is 6.04 Å². The summed E-state index contributed by atoms with van der Waals surface area (Å²) in [7, 11) is 3.19. The number of carbonyl (C=O) groups is 1. The lowest BCUT2D eigenvalue weighted by atomic mass is 9.85. The zero-order valence-corrected chi connectivity index (χ0v) is 14.6. The van der Waals surface area contributed by atoms with Gasteiger partial charge >= 0.3 is 0 Å². The molecule has 1 aliphatic carbocycles. The average Bonchev–Trinajstić information content (AvgIpc) is 3.08. The molecular weight excluding hydrogens is 332 g/mol. The molecule has 7 nitrogen and oxygen atoms in total. The zero-order valence-electron chi connectivity index (χ0n) is 14.6. The smallest absolute Gasteiger partial charge is 0.163 e. The number of nitrogens with zero attached hydrogens (tertiary/aromatic N) is 3. The summed E-state index contributed by atoms with van der Waals surface area (Å²) in [4.78, 5) is 12.8. The molecule has 2 heterocycles. The number of rotatable bonds is 3. The predicted molar refractivity (Wildman–Crippen MR) is 94.1 cm³/mol. The summed E-state index contributed by atoms with van der Waals surface area (Å²) >= 11 is 0. The monoisotopic (exact) mass is 350 g/mol. The lowest BCUT2D eigenvalue weighted by Gasteiger charge is -2.33. The van der Waals surface area contributed by atoms with Gasteiger partial charge in [0.1, 0.15) is 35.0 Å². The van der Waals surface area contributed by atoms with Crippen LogP contribution in [-0.4, -0.2) is 29.8 Å². The third-order valence-electron chi connectivity index (χ3n) is 4.89. The Bertz CT molecular complexity index is 968. The summed E-state index contributed by atoms with van der Waals surface area (Å²) in [6, 6.07) is 7.19. The van der Waals surface area contributed by atoms with E-state index in [1.165, 1.54) is 6.20 Å². The molecule has 0 fully saturated rings. The number of aromatic nitrogens is 2. The number of ketones is 1. The number of methoxy groups -OCH3 is 2. The molecular formula is C19H18N4O3. The molecule has 0 saturated heterocycles. The minimum absolute atomic E-state index is 0.0910. The number of carbonyl (C=O) groups excluding carboxylic acids is 1. The molecule has 0 radical (unpaired) electrons. The van der Waals surface area contributed by atoms with E-state index in [1.54, 1.807) is 18.9 Å². The van der Waals surface area contributed by atoms with Gasteiger partial charge in [0, 0.05) is 23.3 Å². The maximum Gasteiger partial charge on any atom is 0.163 e. The number of benzene rings is 1. The number of fused-ring (bicyclic) bond motifs is 1. The largest absolute Gasteiger partial charge is 0.497 e. The normalized spacial score (nSPS) is 18.5. The molecule has 1 aromatic heterocycles. The fourth-order valence-corrected chi connectivity index (χ4v) is 3.68. The van der Waals surface area contributed by atoms with Crippen LogP contribution in [0.4, 0.5) is 5.82 Å². The van der Waals surface area contributed by atoms with Crippen LogP contribution in [0.1, 0.15) is 36.4 Å². The van der Waals surface area contributed by atoms with Gasteiger partial charge in [-0.05, 0) is 31.0 Å². The van der Waals surface area contributed by atoms with Gasteiger partial charge in [0.25, 0.3) is 0 Å². The van der Waals surface area contributed by atoms with Gasteiger partial charge < -0.3 is 14.8 Å². The first-order valence-electron chi connectivity index (χ1n) is 8.40. The lowest BCUT2D eigenvalue weighted by Crippen LogP contribution is -2.31. The fraction of sp³-hybridized carbons (Fsp3) is 0.316. The van der Waals surface area contributed by atoms with Crippen molar-refractivity contribution >= 4 is 11.6 Å². The Morgan fingerprint density at radius 1 is 1.31 bits per heavy atom. The highest BCUT2D eigenvalue weighted by Crippen LogP contribution is 2.44. The zero-order chi connectivity index (χ0) is 18.3. The Kier molecular flexibility index (Phi) is 3.88. The van der Waals surface area contributed by atoms with Crippen molar-refractivity contribution in [3.05, 3.63) is 46.8 Å². The molecule has 0 spiro atoms. The second-order valence-electron chi connectivity index (χ2n) is 6.27. The number of Topliss-reactive ketones (excluding diaryl/α,β-unsaturated/α-hetero) is 1. The van der Waals surface area contributed by atoms with Crippen LogP contribution in [0.5, 0.6) is 11.5 Å². The van der Waals surface area contributed by atoms with Crippen LogP contribution >= 0.6 is 0 Å². The predicted octanol–water partition coefficient (Wildman–Crippen LogP) is 2.79. The maximum atomic E-state index is 12.8. The van der Waals surface area contributed by atoms with Gasteiger partial charge in [-0.1, -0.05) is 0 Å². The lowest BCUT2D eigenvalue weighted by molar-refractivity contribution is -0.116. The highest BCUT2D eigenvalue weighted by Gasteiger charge is 2.38. The minimum atomic E-state index is -0.457. The van der Waals surface area contributed by atoms with E-state index in [4.69, 9.17) is 9.47 Å². The Morgan fingerprint density at radius 3 is 2.88 bits per heavy atom. The van der Waals surface area contributed by atoms with E-state index in [0.717, 1.165) is 24.1 Å². The fourth-order valence-electron chi connectivity index (χ4n) is 3.68. The van der Waals surface area contributed by atoms with Gasteiger partial charge in [0.05, 0.1) is 20.4 Å². The second-order valence-corrected chi connectivity index (χ2v) is 6.27. The third-order valence-corrected chi connectivity index (χ3v) is 4.89. The van der Waals surface area contributed by atoms with E-state index in [0.29, 0.717) is 34.9 Å². The molecule has 1 unspecified atom stereocenters. The van der Waals surface area contributed by atoms with Crippen molar-refractivity contribution in [3.8, 4) is 17.6 Å². The number of hydrogen-bond donors (Lipinski definition) is 1. The van der Waals surface area contributed by atoms with E-state index in [-0.39, 0.29) is 5.78 Å². The molecule has 0 bridgehead atoms. The van der Waals surface area contributed by atoms with Gasteiger partial charge in [-0.15, -0.1) is 0 Å². The number of hydrogen-bond acceptors (Lipinski definition) is 6. The summed E-state index contributed by atoms with van der Waals surface area (Å²) in [5.41, 5.74) is 2.77. The SMILES string of the molecule is COc1ccc(OC)c(C2C3=C(CCCC3=O)Nc3c(C#N)cnn32)c1. The first-order valence-corrected chi connectivity index (χ1v) is 8.40. The Hall–Kier alpha value is -3.27. The van der Waals surface area contributed by atoms with Crippen LogP contribution in [-0.2, 0) is 4.79 Å². The van der Waals surface area contributed by atoms with E-state index >= 15 is 0 Å². The van der Waals surface area contributed by atoms with Crippen molar-refractivity contribution < 1.29 is 14.3 Å². The second kappa shape index (κ2) is 6.23. The number of nitrogens with one attached hydrogen (secondary N) is 1. The number of nitriles is 1. The van der Waals surface area contributed by atoms with Crippen molar-refractivity contribution in [1.29, 1.82) is 5.26 Å². The third kappa shape index (κ3) is 2.34. The van der Waals surface area contributed by atoms with Crippen LogP contribution in [0.3, 0.4) is 0 Å². The maximum absolute atomic E-state index is 12.8. The molecule has 2 aliphatic rings. The number of ether oxygens (including phenoxy) is 2. The van der Waals surface area contributed by atoms with Crippen molar-refractivity contribution in [2.24, 2.45) is 0 Å². The number of anilines is 1. The van der Waals surface area contributed by atoms with Gasteiger partial charge in [-0.2, -0.15) is 10.4 Å². The molecule has 132 valence electrons. The first kappa shape index (κ1) is 16.2. The molecule has 0 saturated carbocycles. The summed E-state index contributed by atoms with van der Waals surface area (Å²) in [6.07, 6.45) is 3.58. The topological polar surface area (TPSA) is 89.2 Å². The van der Waals surface area contributed by atoms with Crippen LogP contribution in [0, 0.1) is 11.3 Å². The summed E-state index contributed by atoms with van der Waals surface area (Å²) in [5.74, 6) is 2.01. The molecule has 0 amide bonds. The highest BCUT2D eigenvalue weighted by molar-refractivity contribution is 5.99. The molecule has 1 N–H and O–H groups in total. The molecule has 1 aliphatic heterocycles. The van der Waals surface area contributed by atoms with Gasteiger partial charge in [-0.25, -0.2) is 4.68 Å². The standard InChI is InChI=1S/C19H18N4O3/c1-25-12-6-7-16(26-2)13(8-12)18-17-14(4-3-5-15(17)24)22-19-11(9-20)10-21-23(18)19/h6-8,10,18,22H,3-5H2,1-2H3. The Labute approximate surface area is 150 Å². The van der Waals surface area contributed by atoms with E-state index in [9.17, 15) is 10.1 Å². The first-order chi connectivity index (χ1) is 12.7. The Morgan fingerprint density at radius 2 is 2.15 bits per heavy atom. The summed E-state index contributed by atoms with van der Waals surface area (Å²) in [6.45, 7) is 0. The quantitative estimate of drug-likeness (QED) is 0.915. The van der Waals surface area contributed by atoms with Crippen LogP contribution in [0.2, 0.25) is 0 Å². The van der Waals surface area contributed by atoms with E-state index in [1.807, 2.05) is 18.2 Å².